The van der Waals surface area contributed by atoms with Crippen LogP contribution >= 0.6 is 0 Å². The van der Waals surface area contributed by atoms with Gasteiger partial charge in [0.15, 0.2) is 0 Å². The Kier molecular flexibility index (Phi) is 6.77. The Bertz CT molecular complexity index is 826. The summed E-state index contributed by atoms with van der Waals surface area (Å²) in [5.74, 6) is -0.244. The summed E-state index contributed by atoms with van der Waals surface area (Å²) in [4.78, 5) is 33.2. The number of hydrogen-bond acceptors (Lipinski definition) is 6. The van der Waals surface area contributed by atoms with Gasteiger partial charge in [0, 0.05) is 30.0 Å². The molecular formula is C21H27N5O3. The van der Waals surface area contributed by atoms with Crippen LogP contribution in [-0.4, -0.2) is 45.1 Å². The fraction of sp³-hybridized carbons (Fsp3) is 0.429. The number of carbonyl (C=O) groups is 2. The van der Waals surface area contributed by atoms with Crippen molar-refractivity contribution in [2.75, 3.05) is 5.32 Å². The van der Waals surface area contributed by atoms with Gasteiger partial charge >= 0.3 is 0 Å². The molecule has 29 heavy (non-hydrogen) atoms. The van der Waals surface area contributed by atoms with Crippen LogP contribution in [0.3, 0.4) is 0 Å². The predicted octanol–water partition coefficient (Wildman–Crippen LogP) is 2.00. The number of para-hydroxylation sites is 1. The van der Waals surface area contributed by atoms with Gasteiger partial charge in [0.2, 0.25) is 11.9 Å². The van der Waals surface area contributed by atoms with E-state index in [-0.39, 0.29) is 23.8 Å². The molecule has 2 aromatic rings. The van der Waals surface area contributed by atoms with Crippen LogP contribution in [-0.2, 0) is 4.79 Å². The molecule has 0 bridgehead atoms. The zero-order chi connectivity index (χ0) is 20.8. The van der Waals surface area contributed by atoms with Crippen LogP contribution in [0.2, 0.25) is 0 Å². The second-order valence-corrected chi connectivity index (χ2v) is 7.61. The molecule has 1 saturated carbocycles. The van der Waals surface area contributed by atoms with E-state index in [1.54, 1.807) is 0 Å². The Hall–Kier alpha value is -3.00. The minimum Gasteiger partial charge on any atom is -0.391 e. The largest absolute Gasteiger partial charge is 0.391 e. The lowest BCUT2D eigenvalue weighted by Gasteiger charge is -2.33. The van der Waals surface area contributed by atoms with E-state index in [9.17, 15) is 14.7 Å². The molecule has 1 aliphatic rings. The van der Waals surface area contributed by atoms with Crippen molar-refractivity contribution in [3.63, 3.8) is 0 Å². The van der Waals surface area contributed by atoms with Gasteiger partial charge in [-0.05, 0) is 45.2 Å². The smallest absolute Gasteiger partial charge is 0.254 e. The number of rotatable bonds is 6. The van der Waals surface area contributed by atoms with E-state index in [4.69, 9.17) is 0 Å². The first-order chi connectivity index (χ1) is 13.9. The number of aliphatic hydroxyl groups is 1. The van der Waals surface area contributed by atoms with E-state index in [0.717, 1.165) is 5.69 Å². The van der Waals surface area contributed by atoms with Crippen LogP contribution in [0, 0.1) is 5.92 Å². The summed E-state index contributed by atoms with van der Waals surface area (Å²) in [5, 5.41) is 19.0. The zero-order valence-electron chi connectivity index (χ0n) is 16.6. The first-order valence-corrected chi connectivity index (χ1v) is 9.86. The topological polar surface area (TPSA) is 116 Å². The molecule has 1 aromatic heterocycles. The van der Waals surface area contributed by atoms with Crippen LogP contribution in [0.15, 0.2) is 42.7 Å². The van der Waals surface area contributed by atoms with Crippen LogP contribution < -0.4 is 16.0 Å². The van der Waals surface area contributed by atoms with E-state index < -0.39 is 12.1 Å². The van der Waals surface area contributed by atoms with Gasteiger partial charge in [0.25, 0.3) is 5.91 Å². The van der Waals surface area contributed by atoms with Gasteiger partial charge < -0.3 is 21.1 Å². The van der Waals surface area contributed by atoms with E-state index >= 15 is 0 Å². The molecule has 1 aromatic carbocycles. The van der Waals surface area contributed by atoms with Gasteiger partial charge in [-0.2, -0.15) is 0 Å². The van der Waals surface area contributed by atoms with Crippen molar-refractivity contribution >= 4 is 23.5 Å². The SMILES string of the molecule is CC(C)NC(=O)[C@H]1CC[C@@H](O)[C@H](NC(=O)c2cnc(Nc3ccccc3)nc2)C1. The molecule has 0 unspecified atom stereocenters. The fourth-order valence-corrected chi connectivity index (χ4v) is 3.36. The van der Waals surface area contributed by atoms with Gasteiger partial charge in [0.05, 0.1) is 17.7 Å². The Balaban J connectivity index is 1.59. The molecule has 8 heteroatoms. The third kappa shape index (κ3) is 5.74. The average molecular weight is 397 g/mol. The zero-order valence-corrected chi connectivity index (χ0v) is 16.6. The van der Waals surface area contributed by atoms with Gasteiger partial charge in [-0.15, -0.1) is 0 Å². The third-order valence-corrected chi connectivity index (χ3v) is 4.88. The second-order valence-electron chi connectivity index (χ2n) is 7.61. The number of aliphatic hydroxyl groups excluding tert-OH is 1. The summed E-state index contributed by atoms with van der Waals surface area (Å²) in [5.41, 5.74) is 1.14. The highest BCUT2D eigenvalue weighted by Gasteiger charge is 2.34. The molecule has 0 saturated heterocycles. The van der Waals surface area contributed by atoms with Gasteiger partial charge in [-0.3, -0.25) is 9.59 Å². The average Bonchev–Trinajstić information content (AvgIpc) is 2.70. The van der Waals surface area contributed by atoms with E-state index in [2.05, 4.69) is 25.9 Å². The number of carbonyl (C=O) groups excluding carboxylic acids is 2. The highest BCUT2D eigenvalue weighted by atomic mass is 16.3. The lowest BCUT2D eigenvalue weighted by atomic mass is 9.83. The number of amides is 2. The van der Waals surface area contributed by atoms with Crippen LogP contribution in [0.5, 0.6) is 0 Å². The van der Waals surface area contributed by atoms with E-state index in [0.29, 0.717) is 30.8 Å². The van der Waals surface area contributed by atoms with Crippen molar-refractivity contribution < 1.29 is 14.7 Å². The number of nitrogens with zero attached hydrogens (tertiary/aromatic N) is 2. The summed E-state index contributed by atoms with van der Waals surface area (Å²) in [6, 6.07) is 9.06. The summed E-state index contributed by atoms with van der Waals surface area (Å²) in [6.45, 7) is 3.82. The fourth-order valence-electron chi connectivity index (χ4n) is 3.36. The molecule has 0 radical (unpaired) electrons. The van der Waals surface area contributed by atoms with Crippen molar-refractivity contribution in [1.29, 1.82) is 0 Å². The Morgan fingerprint density at radius 2 is 1.79 bits per heavy atom. The van der Waals surface area contributed by atoms with Crippen molar-refractivity contribution in [2.24, 2.45) is 5.92 Å². The number of aromatic nitrogens is 2. The third-order valence-electron chi connectivity index (χ3n) is 4.88. The quantitative estimate of drug-likeness (QED) is 0.592. The maximum Gasteiger partial charge on any atom is 0.254 e. The molecule has 0 spiro atoms. The van der Waals surface area contributed by atoms with Crippen molar-refractivity contribution in [2.45, 2.75) is 51.3 Å². The number of anilines is 2. The highest BCUT2D eigenvalue weighted by molar-refractivity contribution is 5.94. The molecule has 1 fully saturated rings. The van der Waals surface area contributed by atoms with Gasteiger partial charge in [0.1, 0.15) is 0 Å². The Labute approximate surface area is 170 Å². The lowest BCUT2D eigenvalue weighted by molar-refractivity contribution is -0.127. The maximum absolute atomic E-state index is 12.6. The first-order valence-electron chi connectivity index (χ1n) is 9.86. The molecule has 0 aliphatic heterocycles. The molecule has 3 atom stereocenters. The molecular weight excluding hydrogens is 370 g/mol. The van der Waals surface area contributed by atoms with Crippen LogP contribution in [0.25, 0.3) is 0 Å². The van der Waals surface area contributed by atoms with Crippen LogP contribution in [0.4, 0.5) is 11.6 Å². The summed E-state index contributed by atoms with van der Waals surface area (Å²) in [6.07, 6.45) is 3.67. The molecule has 1 aliphatic carbocycles. The molecule has 2 amide bonds. The highest BCUT2D eigenvalue weighted by Crippen LogP contribution is 2.25. The van der Waals surface area contributed by atoms with Gasteiger partial charge in [-0.1, -0.05) is 18.2 Å². The number of hydrogen-bond donors (Lipinski definition) is 4. The van der Waals surface area contributed by atoms with Crippen LogP contribution in [0.1, 0.15) is 43.5 Å². The summed E-state index contributed by atoms with van der Waals surface area (Å²) in [7, 11) is 0. The molecule has 1 heterocycles. The lowest BCUT2D eigenvalue weighted by Crippen LogP contribution is -2.50. The van der Waals surface area contributed by atoms with Crippen molar-refractivity contribution in [1.82, 2.24) is 20.6 Å². The maximum atomic E-state index is 12.6. The number of benzene rings is 1. The minimum atomic E-state index is -0.679. The second kappa shape index (κ2) is 9.47. The number of nitrogens with one attached hydrogen (secondary N) is 3. The van der Waals surface area contributed by atoms with Crippen molar-refractivity contribution in [3.05, 3.63) is 48.3 Å². The minimum absolute atomic E-state index is 0.0363. The molecule has 3 rings (SSSR count). The standard InChI is InChI=1S/C21H27N5O3/c1-13(2)24-19(28)14-8-9-18(27)17(10-14)26-20(29)15-11-22-21(23-12-15)25-16-6-4-3-5-7-16/h3-7,11-14,17-18,27H,8-10H2,1-2H3,(H,24,28)(H,26,29)(H,22,23,25)/t14-,17+,18+/m0/s1. The normalized spacial score (nSPS) is 21.4. The summed E-state index contributed by atoms with van der Waals surface area (Å²) < 4.78 is 0. The Morgan fingerprint density at radius 1 is 1.10 bits per heavy atom. The molecule has 8 nitrogen and oxygen atoms in total. The van der Waals surface area contributed by atoms with Crippen molar-refractivity contribution in [3.8, 4) is 0 Å². The molecule has 154 valence electrons. The summed E-state index contributed by atoms with van der Waals surface area (Å²) >= 11 is 0. The van der Waals surface area contributed by atoms with E-state index in [1.165, 1.54) is 12.4 Å². The Morgan fingerprint density at radius 3 is 2.45 bits per heavy atom. The molecule has 4 N–H and O–H groups in total. The first kappa shape index (κ1) is 20.7. The monoisotopic (exact) mass is 397 g/mol. The van der Waals surface area contributed by atoms with E-state index in [1.807, 2.05) is 44.2 Å². The van der Waals surface area contributed by atoms with Gasteiger partial charge in [-0.25, -0.2) is 9.97 Å². The predicted molar refractivity (Wildman–Crippen MR) is 110 cm³/mol.